The third-order valence-electron chi connectivity index (χ3n) is 3.40. The number of hydrogen-bond acceptors (Lipinski definition) is 4. The second-order valence-corrected chi connectivity index (χ2v) is 6.96. The first-order valence-electron chi connectivity index (χ1n) is 6.23. The first-order valence-corrected chi connectivity index (χ1v) is 8.05. The molecule has 102 valence electrons. The molecular formula is C11H18N2O4S. The third-order valence-corrected chi connectivity index (χ3v) is 4.89. The second kappa shape index (κ2) is 4.87. The summed E-state index contributed by atoms with van der Waals surface area (Å²) < 4.78 is 23.0. The molecule has 2 fully saturated rings. The number of piperazine rings is 1. The monoisotopic (exact) mass is 274 g/mol. The molecule has 2 amide bonds. The molecule has 0 radical (unpaired) electrons. The highest BCUT2D eigenvalue weighted by molar-refractivity contribution is 7.91. The average molecular weight is 274 g/mol. The summed E-state index contributed by atoms with van der Waals surface area (Å²) in [7, 11) is -3.29. The van der Waals surface area contributed by atoms with E-state index in [4.69, 9.17) is 0 Å². The normalized spacial score (nSPS) is 26.6. The van der Waals surface area contributed by atoms with Crippen molar-refractivity contribution in [3.63, 3.8) is 0 Å². The molecule has 0 aliphatic carbocycles. The first-order chi connectivity index (χ1) is 8.44. The van der Waals surface area contributed by atoms with E-state index in [2.05, 4.69) is 6.92 Å². The summed E-state index contributed by atoms with van der Waals surface area (Å²) in [4.78, 5) is 26.6. The van der Waals surface area contributed by atoms with E-state index in [1.807, 2.05) is 0 Å². The van der Waals surface area contributed by atoms with Gasteiger partial charge >= 0.3 is 0 Å². The van der Waals surface area contributed by atoms with Crippen LogP contribution in [0.3, 0.4) is 0 Å². The molecule has 0 N–H and O–H groups in total. The minimum Gasteiger partial charge on any atom is -0.332 e. The van der Waals surface area contributed by atoms with Crippen LogP contribution in [0.5, 0.6) is 0 Å². The van der Waals surface area contributed by atoms with E-state index in [-0.39, 0.29) is 30.0 Å². The Morgan fingerprint density at radius 2 is 2.00 bits per heavy atom. The largest absolute Gasteiger partial charge is 0.332 e. The minimum absolute atomic E-state index is 0.0224. The van der Waals surface area contributed by atoms with Crippen LogP contribution in [-0.4, -0.2) is 60.8 Å². The van der Waals surface area contributed by atoms with Gasteiger partial charge in [0, 0.05) is 6.54 Å². The second-order valence-electron chi connectivity index (χ2n) is 4.89. The van der Waals surface area contributed by atoms with E-state index in [9.17, 15) is 18.0 Å². The molecule has 0 unspecified atom stereocenters. The Hall–Kier alpha value is -1.11. The van der Waals surface area contributed by atoms with Crippen molar-refractivity contribution in [3.8, 4) is 0 Å². The van der Waals surface area contributed by atoms with E-state index in [1.54, 1.807) is 0 Å². The maximum Gasteiger partial charge on any atom is 0.246 e. The SMILES string of the molecule is CCCCCN1CC(=O)N2CS(=O)(=O)C[C@H]2C1=O. The summed E-state index contributed by atoms with van der Waals surface area (Å²) in [6.45, 7) is 2.63. The van der Waals surface area contributed by atoms with Crippen molar-refractivity contribution < 1.29 is 18.0 Å². The standard InChI is InChI=1S/C11H18N2O4S/c1-2-3-4-5-12-6-10(14)13-8-18(16,17)7-9(13)11(12)15/h9H,2-8H2,1H3/t9-/m0/s1. The summed E-state index contributed by atoms with van der Waals surface area (Å²) in [6.07, 6.45) is 2.90. The highest BCUT2D eigenvalue weighted by atomic mass is 32.2. The van der Waals surface area contributed by atoms with Gasteiger partial charge in [-0.25, -0.2) is 8.42 Å². The number of fused-ring (bicyclic) bond motifs is 1. The molecule has 0 aromatic rings. The van der Waals surface area contributed by atoms with Crippen LogP contribution in [0.2, 0.25) is 0 Å². The predicted octanol–water partition coefficient (Wildman–Crippen LogP) is -0.398. The van der Waals surface area contributed by atoms with Crippen LogP contribution in [0.1, 0.15) is 26.2 Å². The Kier molecular flexibility index (Phi) is 3.61. The summed E-state index contributed by atoms with van der Waals surface area (Å²) in [5.41, 5.74) is 0. The molecule has 0 spiro atoms. The smallest absolute Gasteiger partial charge is 0.246 e. The van der Waals surface area contributed by atoms with Gasteiger partial charge in [0.25, 0.3) is 0 Å². The maximum absolute atomic E-state index is 12.1. The zero-order chi connectivity index (χ0) is 13.3. The summed E-state index contributed by atoms with van der Waals surface area (Å²) in [5, 5.41) is 0. The van der Waals surface area contributed by atoms with E-state index in [0.717, 1.165) is 19.3 Å². The van der Waals surface area contributed by atoms with Crippen LogP contribution in [0, 0.1) is 0 Å². The van der Waals surface area contributed by atoms with Gasteiger partial charge in [0.15, 0.2) is 9.84 Å². The van der Waals surface area contributed by atoms with Gasteiger partial charge < -0.3 is 9.80 Å². The quantitative estimate of drug-likeness (QED) is 0.654. The topological polar surface area (TPSA) is 74.8 Å². The molecular weight excluding hydrogens is 256 g/mol. The highest BCUT2D eigenvalue weighted by Gasteiger charge is 2.47. The molecule has 0 aromatic heterocycles. The van der Waals surface area contributed by atoms with Gasteiger partial charge in [0.05, 0.1) is 12.3 Å². The van der Waals surface area contributed by atoms with Gasteiger partial charge in [-0.2, -0.15) is 0 Å². The van der Waals surface area contributed by atoms with Gasteiger partial charge in [0.2, 0.25) is 11.8 Å². The fourth-order valence-corrected chi connectivity index (χ4v) is 4.08. The molecule has 2 aliphatic rings. The number of unbranched alkanes of at least 4 members (excludes halogenated alkanes) is 2. The number of amides is 2. The molecule has 2 aliphatic heterocycles. The number of rotatable bonds is 4. The van der Waals surface area contributed by atoms with Gasteiger partial charge in [-0.3, -0.25) is 9.59 Å². The molecule has 2 heterocycles. The summed E-state index contributed by atoms with van der Waals surface area (Å²) >= 11 is 0. The van der Waals surface area contributed by atoms with E-state index < -0.39 is 15.9 Å². The number of hydrogen-bond donors (Lipinski definition) is 0. The van der Waals surface area contributed by atoms with Crippen molar-refractivity contribution in [2.24, 2.45) is 0 Å². The fraction of sp³-hybridized carbons (Fsp3) is 0.818. The summed E-state index contributed by atoms with van der Waals surface area (Å²) in [6, 6.07) is -0.780. The van der Waals surface area contributed by atoms with Crippen molar-refractivity contribution in [2.75, 3.05) is 24.7 Å². The van der Waals surface area contributed by atoms with Crippen molar-refractivity contribution in [3.05, 3.63) is 0 Å². The summed E-state index contributed by atoms with van der Waals surface area (Å²) in [5.74, 6) is -0.990. The van der Waals surface area contributed by atoms with Crippen LogP contribution >= 0.6 is 0 Å². The van der Waals surface area contributed by atoms with Crippen molar-refractivity contribution in [2.45, 2.75) is 32.2 Å². The van der Waals surface area contributed by atoms with E-state index in [1.165, 1.54) is 9.80 Å². The number of carbonyl (C=O) groups is 2. The lowest BCUT2D eigenvalue weighted by molar-refractivity contribution is -0.153. The Balaban J connectivity index is 2.07. The Morgan fingerprint density at radius 1 is 1.28 bits per heavy atom. The van der Waals surface area contributed by atoms with Gasteiger partial charge in [-0.15, -0.1) is 0 Å². The lowest BCUT2D eigenvalue weighted by Crippen LogP contribution is -2.58. The number of nitrogens with zero attached hydrogens (tertiary/aromatic N) is 2. The van der Waals surface area contributed by atoms with E-state index in [0.29, 0.717) is 6.54 Å². The molecule has 1 atom stereocenters. The van der Waals surface area contributed by atoms with Crippen molar-refractivity contribution in [1.29, 1.82) is 0 Å². The molecule has 18 heavy (non-hydrogen) atoms. The molecule has 2 saturated heterocycles. The van der Waals surface area contributed by atoms with Crippen LogP contribution < -0.4 is 0 Å². The number of carbonyl (C=O) groups excluding carboxylic acids is 2. The molecule has 0 saturated carbocycles. The Labute approximate surface area is 107 Å². The third kappa shape index (κ3) is 2.50. The highest BCUT2D eigenvalue weighted by Crippen LogP contribution is 2.22. The van der Waals surface area contributed by atoms with E-state index >= 15 is 0 Å². The van der Waals surface area contributed by atoms with Crippen LogP contribution in [0.4, 0.5) is 0 Å². The van der Waals surface area contributed by atoms with Crippen molar-refractivity contribution >= 4 is 21.7 Å². The van der Waals surface area contributed by atoms with Crippen molar-refractivity contribution in [1.82, 2.24) is 9.80 Å². The lowest BCUT2D eigenvalue weighted by Gasteiger charge is -2.35. The molecule has 6 nitrogen and oxygen atoms in total. The van der Waals surface area contributed by atoms with Gasteiger partial charge in [-0.1, -0.05) is 19.8 Å². The first kappa shape index (κ1) is 13.3. The average Bonchev–Trinajstić information content (AvgIpc) is 2.62. The predicted molar refractivity (Wildman–Crippen MR) is 65.4 cm³/mol. The Bertz CT molecular complexity index is 460. The van der Waals surface area contributed by atoms with Crippen LogP contribution in [0.15, 0.2) is 0 Å². The fourth-order valence-electron chi connectivity index (χ4n) is 2.42. The van der Waals surface area contributed by atoms with Gasteiger partial charge in [-0.05, 0) is 6.42 Å². The zero-order valence-electron chi connectivity index (χ0n) is 10.5. The molecule has 0 aromatic carbocycles. The molecule has 2 rings (SSSR count). The lowest BCUT2D eigenvalue weighted by atomic mass is 10.1. The maximum atomic E-state index is 12.1. The minimum atomic E-state index is -3.29. The van der Waals surface area contributed by atoms with Crippen LogP contribution in [-0.2, 0) is 19.4 Å². The Morgan fingerprint density at radius 3 is 2.67 bits per heavy atom. The zero-order valence-corrected chi connectivity index (χ0v) is 11.3. The number of sulfone groups is 1. The van der Waals surface area contributed by atoms with Crippen LogP contribution in [0.25, 0.3) is 0 Å². The molecule has 7 heteroatoms. The molecule has 0 bridgehead atoms. The van der Waals surface area contributed by atoms with Gasteiger partial charge in [0.1, 0.15) is 11.9 Å².